The van der Waals surface area contributed by atoms with Crippen LogP contribution in [0.25, 0.3) is 0 Å². The van der Waals surface area contributed by atoms with Crippen molar-refractivity contribution in [2.75, 3.05) is 0 Å². The normalized spacial score (nSPS) is 5.54. The molecule has 0 aliphatic rings. The first-order valence-electron chi connectivity index (χ1n) is 4.74. The summed E-state index contributed by atoms with van der Waals surface area (Å²) >= 11 is 0. The summed E-state index contributed by atoms with van der Waals surface area (Å²) in [5.41, 5.74) is 0. The standard InChI is InChI=1S/C2H2O4.4C2H4O2.4Na/c3-1(4)2(5)6;4*1-2(3)4;;;;/h(H,3,4)(H,5,6);4*1H3,(H,3,4);;;;/q;;;;;4*+1/p-4. The van der Waals surface area contributed by atoms with Crippen molar-refractivity contribution in [1.82, 2.24) is 0 Å². The number of carbonyl (C=O) groups excluding carboxylic acids is 4. The molecule has 0 bridgehead atoms. The zero-order chi connectivity index (χ0) is 19.5. The molecule has 0 rings (SSSR count). The molecule has 26 heavy (non-hydrogen) atoms. The molecule has 0 fully saturated rings. The van der Waals surface area contributed by atoms with Crippen molar-refractivity contribution in [3.05, 3.63) is 0 Å². The Morgan fingerprint density at radius 3 is 0.500 bits per heavy atom. The van der Waals surface area contributed by atoms with E-state index in [9.17, 15) is 0 Å². The molecule has 0 heterocycles. The monoisotopic (exact) mass is 418 g/mol. The van der Waals surface area contributed by atoms with Crippen LogP contribution >= 0.6 is 0 Å². The average Bonchev–Trinajstić information content (AvgIpc) is 2.12. The van der Waals surface area contributed by atoms with Crippen molar-refractivity contribution in [3.8, 4) is 0 Å². The summed E-state index contributed by atoms with van der Waals surface area (Å²) < 4.78 is 0. The van der Waals surface area contributed by atoms with Gasteiger partial charge in [-0.1, -0.05) is 0 Å². The first kappa shape index (κ1) is 56.3. The molecule has 0 atom stereocenters. The van der Waals surface area contributed by atoms with E-state index in [0.717, 1.165) is 27.7 Å². The topological polar surface area (TPSA) is 235 Å². The molecule has 130 valence electrons. The Bertz CT molecular complexity index is 310. The van der Waals surface area contributed by atoms with Crippen LogP contribution in [-0.4, -0.2) is 46.0 Å². The fourth-order valence-corrected chi connectivity index (χ4v) is 0. The van der Waals surface area contributed by atoms with E-state index < -0.39 is 35.8 Å². The van der Waals surface area contributed by atoms with E-state index in [1.54, 1.807) is 0 Å². The van der Waals surface area contributed by atoms with E-state index in [1.165, 1.54) is 0 Å². The van der Waals surface area contributed by atoms with E-state index >= 15 is 0 Å². The Balaban J connectivity index is -0.0000000193. The van der Waals surface area contributed by atoms with Crippen LogP contribution in [0.4, 0.5) is 0 Å². The molecule has 0 aliphatic heterocycles. The number of carbonyl (C=O) groups is 6. The van der Waals surface area contributed by atoms with Crippen LogP contribution in [0.2, 0.25) is 0 Å². The van der Waals surface area contributed by atoms with Crippen LogP contribution in [0.3, 0.4) is 0 Å². The van der Waals surface area contributed by atoms with E-state index in [4.69, 9.17) is 59.4 Å². The predicted octanol–water partition coefficient (Wildman–Crippen LogP) is -17.8. The van der Waals surface area contributed by atoms with Gasteiger partial charge in [-0.15, -0.1) is 0 Å². The van der Waals surface area contributed by atoms with Gasteiger partial charge in [0.15, 0.2) is 0 Å². The van der Waals surface area contributed by atoms with Gasteiger partial charge >= 0.3 is 130 Å². The van der Waals surface area contributed by atoms with E-state index in [2.05, 4.69) is 0 Å². The molecule has 16 heteroatoms. The van der Waals surface area contributed by atoms with Gasteiger partial charge in [0.05, 0.1) is 0 Å². The SMILES string of the molecule is CC(=O)[O-].CC(=O)[O-].CC(=O)[O-].CC(=O)[O-].O=C(O)C(=O)O.[Na+].[Na+].[Na+].[Na+]. The van der Waals surface area contributed by atoms with Gasteiger partial charge in [-0.2, -0.15) is 0 Å². The van der Waals surface area contributed by atoms with Crippen LogP contribution in [0.5, 0.6) is 0 Å². The van der Waals surface area contributed by atoms with Gasteiger partial charge in [0, 0.05) is 23.9 Å². The summed E-state index contributed by atoms with van der Waals surface area (Å²) in [4.78, 5) is 53.8. The maximum Gasteiger partial charge on any atom is 1.00 e. The third kappa shape index (κ3) is 606. The fourth-order valence-electron chi connectivity index (χ4n) is 0. The van der Waals surface area contributed by atoms with Crippen molar-refractivity contribution in [2.45, 2.75) is 27.7 Å². The largest absolute Gasteiger partial charge is 1.00 e. The average molecular weight is 418 g/mol. The van der Waals surface area contributed by atoms with Gasteiger partial charge in [-0.05, 0) is 27.7 Å². The quantitative estimate of drug-likeness (QED) is 0.275. The van der Waals surface area contributed by atoms with Crippen LogP contribution in [0.15, 0.2) is 0 Å². The summed E-state index contributed by atoms with van der Waals surface area (Å²) in [6.07, 6.45) is 0. The van der Waals surface area contributed by atoms with Gasteiger partial charge in [-0.3, -0.25) is 0 Å². The second kappa shape index (κ2) is 44.9. The van der Waals surface area contributed by atoms with E-state index in [-0.39, 0.29) is 118 Å². The molecule has 2 N–H and O–H groups in total. The number of rotatable bonds is 0. The molecule has 0 aromatic heterocycles. The molecule has 0 saturated carbocycles. The minimum absolute atomic E-state index is 0. The first-order valence-corrected chi connectivity index (χ1v) is 4.74. The Morgan fingerprint density at radius 2 is 0.500 bits per heavy atom. The van der Waals surface area contributed by atoms with Crippen molar-refractivity contribution >= 4 is 35.8 Å². The maximum atomic E-state index is 9.10. The minimum atomic E-state index is -1.82. The molecule has 0 saturated heterocycles. The molecule has 12 nitrogen and oxygen atoms in total. The van der Waals surface area contributed by atoms with Crippen molar-refractivity contribution in [2.24, 2.45) is 0 Å². The summed E-state index contributed by atoms with van der Waals surface area (Å²) in [5.74, 6) is -7.98. The Labute approximate surface area is 237 Å². The third-order valence-corrected chi connectivity index (χ3v) is 0.183. The van der Waals surface area contributed by atoms with Crippen molar-refractivity contribution in [1.29, 1.82) is 0 Å². The smallest absolute Gasteiger partial charge is 0.550 e. The molecule has 0 aliphatic carbocycles. The molecule has 0 radical (unpaired) electrons. The van der Waals surface area contributed by atoms with Crippen LogP contribution in [0, 0.1) is 0 Å². The van der Waals surface area contributed by atoms with Crippen molar-refractivity contribution in [3.63, 3.8) is 0 Å². The Morgan fingerprint density at radius 1 is 0.462 bits per heavy atom. The van der Waals surface area contributed by atoms with Gasteiger partial charge in [0.2, 0.25) is 0 Å². The van der Waals surface area contributed by atoms with Gasteiger partial charge in [0.25, 0.3) is 0 Å². The first-order chi connectivity index (χ1) is 9.57. The molecule has 0 amide bonds. The van der Waals surface area contributed by atoms with E-state index in [0.29, 0.717) is 0 Å². The number of aliphatic carboxylic acids is 6. The second-order valence-electron chi connectivity index (χ2n) is 2.58. The zero-order valence-corrected chi connectivity index (χ0v) is 24.0. The number of hydrogen-bond acceptors (Lipinski definition) is 10. The number of carboxylic acids is 6. The summed E-state index contributed by atoms with van der Waals surface area (Å²) in [6, 6.07) is 0. The van der Waals surface area contributed by atoms with Crippen LogP contribution in [-0.2, 0) is 28.8 Å². The summed E-state index contributed by atoms with van der Waals surface area (Å²) in [7, 11) is 0. The van der Waals surface area contributed by atoms with Crippen molar-refractivity contribution < 1.29 is 178 Å². The summed E-state index contributed by atoms with van der Waals surface area (Å²) in [5, 5.41) is 50.3. The molecule has 0 aromatic carbocycles. The Kier molecular flexibility index (Phi) is 97.3. The van der Waals surface area contributed by atoms with Gasteiger partial charge < -0.3 is 49.8 Å². The third-order valence-electron chi connectivity index (χ3n) is 0.183. The summed E-state index contributed by atoms with van der Waals surface area (Å²) in [6.45, 7) is 3.89. The second-order valence-corrected chi connectivity index (χ2v) is 2.58. The molecule has 0 aromatic rings. The number of carboxylic acid groups (broad SMARTS) is 6. The van der Waals surface area contributed by atoms with E-state index in [1.807, 2.05) is 0 Å². The van der Waals surface area contributed by atoms with Crippen LogP contribution < -0.4 is 139 Å². The predicted molar refractivity (Wildman–Crippen MR) is 58.0 cm³/mol. The zero-order valence-electron chi connectivity index (χ0n) is 16.0. The molecular formula is C10H14Na4O12. The Hall–Kier alpha value is 0.820. The molecular weight excluding hydrogens is 404 g/mol. The van der Waals surface area contributed by atoms with Gasteiger partial charge in [-0.25, -0.2) is 9.59 Å². The van der Waals surface area contributed by atoms with Crippen LogP contribution in [0.1, 0.15) is 27.7 Å². The molecule has 0 unspecified atom stereocenters. The minimum Gasteiger partial charge on any atom is -0.550 e. The molecule has 0 spiro atoms. The van der Waals surface area contributed by atoms with Gasteiger partial charge in [0.1, 0.15) is 0 Å². The fraction of sp³-hybridized carbons (Fsp3) is 0.400. The number of hydrogen-bond donors (Lipinski definition) is 2. The maximum absolute atomic E-state index is 9.10.